The predicted molar refractivity (Wildman–Crippen MR) is 166 cm³/mol. The lowest BCUT2D eigenvalue weighted by molar-refractivity contribution is -0.145. The third-order valence-corrected chi connectivity index (χ3v) is 8.17. The van der Waals surface area contributed by atoms with Crippen molar-refractivity contribution in [2.24, 2.45) is 5.92 Å². The molecule has 234 valence electrons. The zero-order chi connectivity index (χ0) is 31.2. The number of ether oxygens (including phenoxy) is 2. The number of carbonyl (C=O) groups excluding carboxylic acids is 4. The first-order chi connectivity index (χ1) is 20.6. The molecular weight excluding hydrogens is 593 g/mol. The Morgan fingerprint density at radius 1 is 0.930 bits per heavy atom. The van der Waals surface area contributed by atoms with Crippen LogP contribution in [0.15, 0.2) is 48.5 Å². The van der Waals surface area contributed by atoms with E-state index in [0.29, 0.717) is 35.0 Å². The van der Waals surface area contributed by atoms with Crippen molar-refractivity contribution in [3.63, 3.8) is 0 Å². The molecule has 3 rings (SSSR count). The number of nitrogens with zero attached hydrogens (tertiary/aromatic N) is 1. The number of rotatable bonds is 14. The number of hydrogen-bond acceptors (Lipinski definition) is 6. The third kappa shape index (κ3) is 12.1. The Labute approximate surface area is 263 Å². The highest BCUT2D eigenvalue weighted by Crippen LogP contribution is 2.27. The topological polar surface area (TPSA) is 114 Å². The number of alkyl carbamates (subject to hydrolysis) is 1. The number of methoxy groups -OCH3 is 1. The fourth-order valence-corrected chi connectivity index (χ4v) is 5.48. The van der Waals surface area contributed by atoms with Crippen LogP contribution < -0.4 is 10.6 Å². The maximum absolute atomic E-state index is 13.5. The van der Waals surface area contributed by atoms with Crippen molar-refractivity contribution in [2.45, 2.75) is 76.5 Å². The molecule has 0 aliphatic heterocycles. The summed E-state index contributed by atoms with van der Waals surface area (Å²) >= 11 is 12.0. The van der Waals surface area contributed by atoms with Gasteiger partial charge in [0.2, 0.25) is 11.8 Å². The fraction of sp³-hybridized carbons (Fsp3) is 0.500. The van der Waals surface area contributed by atoms with Crippen LogP contribution in [-0.4, -0.2) is 61.6 Å². The summed E-state index contributed by atoms with van der Waals surface area (Å²) in [5.74, 6) is -1.10. The molecule has 0 heterocycles. The summed E-state index contributed by atoms with van der Waals surface area (Å²) in [5.41, 5.74) is 1.76. The highest BCUT2D eigenvalue weighted by atomic mass is 35.5. The molecule has 2 atom stereocenters. The van der Waals surface area contributed by atoms with E-state index in [1.807, 2.05) is 12.1 Å². The third-order valence-electron chi connectivity index (χ3n) is 7.69. The van der Waals surface area contributed by atoms with E-state index in [1.54, 1.807) is 48.3 Å². The summed E-state index contributed by atoms with van der Waals surface area (Å²) < 4.78 is 10.3. The summed E-state index contributed by atoms with van der Waals surface area (Å²) in [6.07, 6.45) is 5.60. The highest BCUT2D eigenvalue weighted by Gasteiger charge is 2.31. The summed E-state index contributed by atoms with van der Waals surface area (Å²) in [7, 11) is 2.93. The van der Waals surface area contributed by atoms with Gasteiger partial charge in [0.15, 0.2) is 0 Å². The molecule has 1 saturated carbocycles. The number of esters is 1. The van der Waals surface area contributed by atoms with E-state index >= 15 is 0 Å². The molecule has 11 heteroatoms. The van der Waals surface area contributed by atoms with Gasteiger partial charge in [-0.25, -0.2) is 9.59 Å². The highest BCUT2D eigenvalue weighted by molar-refractivity contribution is 6.30. The molecule has 2 aromatic carbocycles. The Kier molecular flexibility index (Phi) is 14.1. The minimum Gasteiger partial charge on any atom is -0.467 e. The van der Waals surface area contributed by atoms with Crippen molar-refractivity contribution in [3.8, 4) is 0 Å². The number of likely N-dealkylation sites (N-methyl/N-ethyl adjacent to an activating group) is 1. The quantitative estimate of drug-likeness (QED) is 0.258. The van der Waals surface area contributed by atoms with Crippen LogP contribution in [0.3, 0.4) is 0 Å². The summed E-state index contributed by atoms with van der Waals surface area (Å²) in [6.45, 7) is 0.475. The SMILES string of the molecule is COC(=O)C(CCC(=O)N(C)CCc1ccc(Cl)cc1)NC(=O)C(CC1CCCCC1)NC(=O)OCc1cccc(Cl)c1. The average molecular weight is 635 g/mol. The number of carbonyl (C=O) groups is 4. The van der Waals surface area contributed by atoms with Crippen LogP contribution in [0, 0.1) is 5.92 Å². The minimum atomic E-state index is -1.05. The van der Waals surface area contributed by atoms with Crippen LogP contribution in [-0.2, 0) is 36.9 Å². The Morgan fingerprint density at radius 3 is 2.33 bits per heavy atom. The normalized spacial score (nSPS) is 14.7. The van der Waals surface area contributed by atoms with Gasteiger partial charge < -0.3 is 25.0 Å². The van der Waals surface area contributed by atoms with Crippen molar-refractivity contribution in [1.82, 2.24) is 15.5 Å². The smallest absolute Gasteiger partial charge is 0.408 e. The standard InChI is InChI=1S/C32H41Cl2N3O6/c1-37(18-17-22-11-13-25(33)14-12-22)29(38)16-15-27(31(40)42-2)35-30(39)28(20-23-7-4-3-5-8-23)36-32(41)43-21-24-9-6-10-26(34)19-24/h6,9-14,19,23,27-28H,3-5,7-8,15-18,20-21H2,1-2H3,(H,35,39)(H,36,41). The number of benzene rings is 2. The van der Waals surface area contributed by atoms with Crippen LogP contribution in [0.4, 0.5) is 4.79 Å². The molecular formula is C32H41Cl2N3O6. The van der Waals surface area contributed by atoms with Gasteiger partial charge >= 0.3 is 12.1 Å². The van der Waals surface area contributed by atoms with E-state index in [2.05, 4.69) is 10.6 Å². The van der Waals surface area contributed by atoms with Crippen molar-refractivity contribution < 1.29 is 28.7 Å². The maximum Gasteiger partial charge on any atom is 0.408 e. The lowest BCUT2D eigenvalue weighted by atomic mass is 9.84. The van der Waals surface area contributed by atoms with E-state index in [9.17, 15) is 19.2 Å². The van der Waals surface area contributed by atoms with Crippen LogP contribution in [0.1, 0.15) is 62.5 Å². The molecule has 2 unspecified atom stereocenters. The van der Waals surface area contributed by atoms with Crippen LogP contribution >= 0.6 is 23.2 Å². The van der Waals surface area contributed by atoms with Gasteiger partial charge in [-0.15, -0.1) is 0 Å². The van der Waals surface area contributed by atoms with E-state index in [0.717, 1.165) is 37.7 Å². The first kappa shape index (κ1) is 34.2. The monoisotopic (exact) mass is 633 g/mol. The molecule has 0 aromatic heterocycles. The van der Waals surface area contributed by atoms with Crippen molar-refractivity contribution in [2.75, 3.05) is 20.7 Å². The zero-order valence-electron chi connectivity index (χ0n) is 24.8. The molecule has 0 radical (unpaired) electrons. The van der Waals surface area contributed by atoms with Crippen molar-refractivity contribution in [1.29, 1.82) is 0 Å². The van der Waals surface area contributed by atoms with Gasteiger partial charge in [-0.2, -0.15) is 0 Å². The lowest BCUT2D eigenvalue weighted by Gasteiger charge is -2.27. The van der Waals surface area contributed by atoms with Crippen LogP contribution in [0.5, 0.6) is 0 Å². The molecule has 3 amide bonds. The van der Waals surface area contributed by atoms with Gasteiger partial charge in [-0.1, -0.05) is 79.6 Å². The number of halogens is 2. The van der Waals surface area contributed by atoms with Gasteiger partial charge in [-0.3, -0.25) is 9.59 Å². The number of hydrogen-bond donors (Lipinski definition) is 2. The molecule has 0 spiro atoms. The largest absolute Gasteiger partial charge is 0.467 e. The molecule has 0 bridgehead atoms. The molecule has 43 heavy (non-hydrogen) atoms. The summed E-state index contributed by atoms with van der Waals surface area (Å²) in [6, 6.07) is 12.4. The van der Waals surface area contributed by atoms with E-state index in [4.69, 9.17) is 32.7 Å². The summed E-state index contributed by atoms with van der Waals surface area (Å²) in [5, 5.41) is 6.58. The summed E-state index contributed by atoms with van der Waals surface area (Å²) in [4.78, 5) is 53.2. The Hall–Kier alpha value is -3.30. The first-order valence-electron chi connectivity index (χ1n) is 14.7. The molecule has 2 N–H and O–H groups in total. The van der Waals surface area contributed by atoms with E-state index in [-0.39, 0.29) is 31.3 Å². The molecule has 1 aliphatic carbocycles. The lowest BCUT2D eigenvalue weighted by Crippen LogP contribution is -2.52. The van der Waals surface area contributed by atoms with Crippen LogP contribution in [0.25, 0.3) is 0 Å². The van der Waals surface area contributed by atoms with Crippen LogP contribution in [0.2, 0.25) is 10.0 Å². The average Bonchev–Trinajstić information content (AvgIpc) is 3.01. The molecule has 0 saturated heterocycles. The fourth-order valence-electron chi connectivity index (χ4n) is 5.14. The molecule has 1 fully saturated rings. The Morgan fingerprint density at radius 2 is 1.65 bits per heavy atom. The van der Waals surface area contributed by atoms with Gasteiger partial charge in [0.05, 0.1) is 7.11 Å². The minimum absolute atomic E-state index is 0.0113. The van der Waals surface area contributed by atoms with Gasteiger partial charge in [-0.05, 0) is 60.6 Å². The van der Waals surface area contributed by atoms with Crippen molar-refractivity contribution >= 4 is 47.1 Å². The van der Waals surface area contributed by atoms with E-state index in [1.165, 1.54) is 7.11 Å². The second kappa shape index (κ2) is 17.7. The Balaban J connectivity index is 1.58. The molecule has 1 aliphatic rings. The zero-order valence-corrected chi connectivity index (χ0v) is 26.3. The second-order valence-electron chi connectivity index (χ2n) is 11.0. The molecule has 2 aromatic rings. The number of amides is 3. The molecule has 9 nitrogen and oxygen atoms in total. The predicted octanol–water partition coefficient (Wildman–Crippen LogP) is 5.70. The first-order valence-corrected chi connectivity index (χ1v) is 15.4. The van der Waals surface area contributed by atoms with Gasteiger partial charge in [0, 0.05) is 30.1 Å². The van der Waals surface area contributed by atoms with Gasteiger partial charge in [0.25, 0.3) is 0 Å². The number of nitrogens with one attached hydrogen (secondary N) is 2. The maximum atomic E-state index is 13.5. The van der Waals surface area contributed by atoms with E-state index < -0.39 is 30.1 Å². The van der Waals surface area contributed by atoms with Crippen molar-refractivity contribution in [3.05, 3.63) is 69.7 Å². The Bertz CT molecular complexity index is 1220. The van der Waals surface area contributed by atoms with Gasteiger partial charge in [0.1, 0.15) is 18.7 Å². The second-order valence-corrected chi connectivity index (χ2v) is 11.8.